The molecule has 0 spiro atoms. The highest BCUT2D eigenvalue weighted by atomic mass is 32.2. The number of hydrogen-bond acceptors (Lipinski definition) is 4. The minimum atomic E-state index is -0.244. The van der Waals surface area contributed by atoms with Crippen molar-refractivity contribution in [1.29, 1.82) is 0 Å². The highest BCUT2D eigenvalue weighted by Gasteiger charge is 2.34. The van der Waals surface area contributed by atoms with Crippen LogP contribution in [0.5, 0.6) is 5.75 Å². The number of thioether (sulfide) groups is 1. The number of hydrogen-bond donors (Lipinski definition) is 1. The molecule has 0 radical (unpaired) electrons. The summed E-state index contributed by atoms with van der Waals surface area (Å²) in [4.78, 5) is -0.244. The lowest BCUT2D eigenvalue weighted by Crippen LogP contribution is -2.28. The molecule has 1 aliphatic heterocycles. The van der Waals surface area contributed by atoms with Gasteiger partial charge in [-0.2, -0.15) is 5.10 Å². The Kier molecular flexibility index (Phi) is 3.64. The Morgan fingerprint density at radius 2 is 1.71 bits per heavy atom. The lowest BCUT2D eigenvalue weighted by Gasteiger charge is -2.23. The van der Waals surface area contributed by atoms with Crippen molar-refractivity contribution in [2.45, 2.75) is 18.7 Å². The number of nitrogens with zero attached hydrogens (tertiary/aromatic N) is 1. The van der Waals surface area contributed by atoms with E-state index < -0.39 is 0 Å². The molecule has 21 heavy (non-hydrogen) atoms. The molecule has 1 aliphatic rings. The van der Waals surface area contributed by atoms with E-state index in [1.807, 2.05) is 12.1 Å². The topological polar surface area (TPSA) is 33.6 Å². The molecule has 2 aromatic carbocycles. The Balaban J connectivity index is 1.81. The maximum atomic E-state index is 5.21. The van der Waals surface area contributed by atoms with Gasteiger partial charge in [-0.15, -0.1) is 0 Å². The number of hydrazone groups is 1. The van der Waals surface area contributed by atoms with Crippen LogP contribution >= 0.6 is 11.8 Å². The normalized spacial score (nSPS) is 20.8. The van der Waals surface area contributed by atoms with Crippen molar-refractivity contribution in [3.63, 3.8) is 0 Å². The van der Waals surface area contributed by atoms with Crippen molar-refractivity contribution in [1.82, 2.24) is 5.43 Å². The van der Waals surface area contributed by atoms with Gasteiger partial charge in [0.2, 0.25) is 0 Å². The molecule has 1 N–H and O–H groups in total. The number of benzene rings is 2. The van der Waals surface area contributed by atoms with E-state index in [9.17, 15) is 0 Å². The van der Waals surface area contributed by atoms with Crippen molar-refractivity contribution in [3.05, 3.63) is 65.2 Å². The van der Waals surface area contributed by atoms with Crippen LogP contribution < -0.4 is 10.2 Å². The Labute approximate surface area is 129 Å². The van der Waals surface area contributed by atoms with Crippen LogP contribution in [0.25, 0.3) is 0 Å². The second kappa shape index (κ2) is 5.45. The first kappa shape index (κ1) is 14.0. The average molecular weight is 298 g/mol. The van der Waals surface area contributed by atoms with Crippen molar-refractivity contribution < 1.29 is 4.74 Å². The third-order valence-electron chi connectivity index (χ3n) is 3.61. The molecule has 0 fully saturated rings. The lowest BCUT2D eigenvalue weighted by atomic mass is 10.1. The summed E-state index contributed by atoms with van der Waals surface area (Å²) in [5.41, 5.74) is 6.85. The molecule has 0 saturated heterocycles. The van der Waals surface area contributed by atoms with Gasteiger partial charge in [0.05, 0.1) is 7.11 Å². The van der Waals surface area contributed by atoms with Crippen LogP contribution in [-0.4, -0.2) is 12.2 Å². The molecule has 0 aromatic heterocycles. The number of aryl methyl sites for hydroxylation is 1. The maximum Gasteiger partial charge on any atom is 0.128 e. The van der Waals surface area contributed by atoms with Crippen molar-refractivity contribution in [2.24, 2.45) is 5.10 Å². The fraction of sp³-hybridized carbons (Fsp3) is 0.235. The van der Waals surface area contributed by atoms with E-state index in [1.165, 1.54) is 11.1 Å². The second-order valence-corrected chi connectivity index (χ2v) is 6.67. The van der Waals surface area contributed by atoms with E-state index in [0.717, 1.165) is 16.4 Å². The van der Waals surface area contributed by atoms with Gasteiger partial charge in [-0.05, 0) is 31.5 Å². The highest BCUT2D eigenvalue weighted by Crippen LogP contribution is 2.40. The van der Waals surface area contributed by atoms with Crippen LogP contribution in [0.1, 0.15) is 23.6 Å². The molecular formula is C17H18N2OS. The summed E-state index contributed by atoms with van der Waals surface area (Å²) in [6.07, 6.45) is 0. The molecule has 1 heterocycles. The van der Waals surface area contributed by atoms with E-state index in [-0.39, 0.29) is 4.87 Å². The predicted octanol–water partition coefficient (Wildman–Crippen LogP) is 3.87. The van der Waals surface area contributed by atoms with Gasteiger partial charge >= 0.3 is 0 Å². The number of methoxy groups -OCH3 is 1. The monoisotopic (exact) mass is 298 g/mol. The van der Waals surface area contributed by atoms with E-state index in [1.54, 1.807) is 18.9 Å². The first-order valence-electron chi connectivity index (χ1n) is 6.86. The molecule has 1 atom stereocenters. The fourth-order valence-electron chi connectivity index (χ4n) is 2.25. The Bertz CT molecular complexity index is 664. The Morgan fingerprint density at radius 3 is 2.33 bits per heavy atom. The molecule has 3 nitrogen and oxygen atoms in total. The van der Waals surface area contributed by atoms with Gasteiger partial charge in [0.25, 0.3) is 0 Å². The van der Waals surface area contributed by atoms with Crippen molar-refractivity contribution in [3.8, 4) is 5.75 Å². The second-order valence-electron chi connectivity index (χ2n) is 5.26. The zero-order valence-corrected chi connectivity index (χ0v) is 13.2. The summed E-state index contributed by atoms with van der Waals surface area (Å²) in [6, 6.07) is 16.6. The summed E-state index contributed by atoms with van der Waals surface area (Å²) >= 11 is 1.74. The smallest absolute Gasteiger partial charge is 0.128 e. The molecule has 3 rings (SSSR count). The van der Waals surface area contributed by atoms with Gasteiger partial charge in [-0.1, -0.05) is 53.7 Å². The van der Waals surface area contributed by atoms with E-state index in [2.05, 4.69) is 60.8 Å². The SMILES string of the molecule is COc1ccc([C@@]2(C)NN=C(c3ccc(C)cc3)S2)cc1. The zero-order chi connectivity index (χ0) is 14.9. The van der Waals surface area contributed by atoms with Gasteiger partial charge in [0, 0.05) is 5.56 Å². The van der Waals surface area contributed by atoms with Gasteiger partial charge in [0.15, 0.2) is 0 Å². The third kappa shape index (κ3) is 2.76. The summed E-state index contributed by atoms with van der Waals surface area (Å²) in [5.74, 6) is 0.866. The summed E-state index contributed by atoms with van der Waals surface area (Å²) in [5, 5.41) is 5.53. The zero-order valence-electron chi connectivity index (χ0n) is 12.4. The molecule has 108 valence electrons. The minimum absolute atomic E-state index is 0.244. The lowest BCUT2D eigenvalue weighted by molar-refractivity contribution is 0.414. The minimum Gasteiger partial charge on any atom is -0.497 e. The molecule has 0 aliphatic carbocycles. The molecule has 0 amide bonds. The number of rotatable bonds is 3. The van der Waals surface area contributed by atoms with E-state index in [0.29, 0.717) is 0 Å². The van der Waals surface area contributed by atoms with Crippen LogP contribution in [0.3, 0.4) is 0 Å². The van der Waals surface area contributed by atoms with E-state index in [4.69, 9.17) is 4.74 Å². The largest absolute Gasteiger partial charge is 0.497 e. The van der Waals surface area contributed by atoms with Gasteiger partial charge in [0.1, 0.15) is 15.7 Å². The fourth-order valence-corrected chi connectivity index (χ4v) is 3.33. The molecule has 0 saturated carbocycles. The number of nitrogens with one attached hydrogen (secondary N) is 1. The Morgan fingerprint density at radius 1 is 1.05 bits per heavy atom. The molecular weight excluding hydrogens is 280 g/mol. The summed E-state index contributed by atoms with van der Waals surface area (Å²) in [7, 11) is 1.68. The first-order valence-corrected chi connectivity index (χ1v) is 7.68. The molecule has 4 heteroatoms. The quantitative estimate of drug-likeness (QED) is 0.934. The standard InChI is InChI=1S/C17H18N2OS/c1-12-4-6-13(7-5-12)16-18-19-17(2,21-16)14-8-10-15(20-3)11-9-14/h4-11,19H,1-3H3/t17-/m0/s1. The van der Waals surface area contributed by atoms with Crippen LogP contribution in [0.15, 0.2) is 53.6 Å². The van der Waals surface area contributed by atoms with Gasteiger partial charge < -0.3 is 4.74 Å². The van der Waals surface area contributed by atoms with Crippen LogP contribution in [0, 0.1) is 6.92 Å². The van der Waals surface area contributed by atoms with Gasteiger partial charge in [-0.25, -0.2) is 0 Å². The summed E-state index contributed by atoms with van der Waals surface area (Å²) in [6.45, 7) is 4.23. The summed E-state index contributed by atoms with van der Waals surface area (Å²) < 4.78 is 5.21. The molecule has 0 bridgehead atoms. The van der Waals surface area contributed by atoms with Crippen LogP contribution in [0.2, 0.25) is 0 Å². The maximum absolute atomic E-state index is 5.21. The van der Waals surface area contributed by atoms with Crippen molar-refractivity contribution in [2.75, 3.05) is 7.11 Å². The highest BCUT2D eigenvalue weighted by molar-refractivity contribution is 8.15. The van der Waals surface area contributed by atoms with E-state index >= 15 is 0 Å². The van der Waals surface area contributed by atoms with Crippen LogP contribution in [0.4, 0.5) is 0 Å². The number of ether oxygens (including phenoxy) is 1. The van der Waals surface area contributed by atoms with Gasteiger partial charge in [-0.3, -0.25) is 5.43 Å². The molecule has 2 aromatic rings. The predicted molar refractivity (Wildman–Crippen MR) is 88.8 cm³/mol. The average Bonchev–Trinajstić information content (AvgIpc) is 2.92. The third-order valence-corrected chi connectivity index (χ3v) is 4.87. The van der Waals surface area contributed by atoms with Crippen LogP contribution in [-0.2, 0) is 4.87 Å². The first-order chi connectivity index (χ1) is 10.1. The van der Waals surface area contributed by atoms with Crippen molar-refractivity contribution >= 4 is 16.8 Å². The Hall–Kier alpha value is -1.94. The molecule has 0 unspecified atom stereocenters.